The van der Waals surface area contributed by atoms with E-state index in [9.17, 15) is 0 Å². The number of hydrogen-bond acceptors (Lipinski definition) is 3. The van der Waals surface area contributed by atoms with Gasteiger partial charge in [0.1, 0.15) is 0 Å². The van der Waals surface area contributed by atoms with Crippen molar-refractivity contribution < 1.29 is 0 Å². The lowest BCUT2D eigenvalue weighted by Crippen LogP contribution is -2.44. The Bertz CT molecular complexity index is 240. The summed E-state index contributed by atoms with van der Waals surface area (Å²) in [4.78, 5) is 5.06. The maximum Gasteiger partial charge on any atom is 0.00333 e. The maximum atomic E-state index is 3.48. The number of nitrogens with zero attached hydrogens (tertiary/aromatic N) is 2. The summed E-state index contributed by atoms with van der Waals surface area (Å²) in [6.07, 6.45) is 5.45. The van der Waals surface area contributed by atoms with Gasteiger partial charge in [0.2, 0.25) is 0 Å². The summed E-state index contributed by atoms with van der Waals surface area (Å²) >= 11 is 0. The minimum Gasteiger partial charge on any atom is -0.317 e. The predicted molar refractivity (Wildman–Crippen MR) is 77.9 cm³/mol. The highest BCUT2D eigenvalue weighted by atomic mass is 15.1. The Morgan fingerprint density at radius 3 is 2.44 bits per heavy atom. The maximum absolute atomic E-state index is 3.48. The van der Waals surface area contributed by atoms with Crippen LogP contribution in [0.1, 0.15) is 32.6 Å². The van der Waals surface area contributed by atoms with Gasteiger partial charge in [-0.2, -0.15) is 0 Å². The molecule has 0 atom stereocenters. The Labute approximate surface area is 113 Å². The fourth-order valence-electron chi connectivity index (χ4n) is 3.59. The number of hydrogen-bond donors (Lipinski definition) is 1. The summed E-state index contributed by atoms with van der Waals surface area (Å²) < 4.78 is 0. The molecule has 0 aromatic rings. The highest BCUT2D eigenvalue weighted by molar-refractivity contribution is 4.84. The third-order valence-corrected chi connectivity index (χ3v) is 4.87. The Morgan fingerprint density at radius 2 is 1.83 bits per heavy atom. The van der Waals surface area contributed by atoms with Gasteiger partial charge in [-0.25, -0.2) is 0 Å². The quantitative estimate of drug-likeness (QED) is 0.822. The number of rotatable bonds is 4. The molecule has 0 aromatic heterocycles. The Balaban J connectivity index is 1.72. The van der Waals surface area contributed by atoms with E-state index < -0.39 is 0 Å². The molecule has 0 amide bonds. The molecule has 1 N–H and O–H groups in total. The normalized spacial score (nSPS) is 26.7. The molecular weight excluding hydrogens is 222 g/mol. The second kappa shape index (κ2) is 6.36. The predicted octanol–water partition coefficient (Wildman–Crippen LogP) is 1.65. The Kier molecular flexibility index (Phi) is 5.05. The van der Waals surface area contributed by atoms with Crippen molar-refractivity contribution in [1.29, 1.82) is 0 Å². The number of nitrogens with one attached hydrogen (secondary N) is 1. The van der Waals surface area contributed by atoms with E-state index in [-0.39, 0.29) is 0 Å². The first-order valence-electron chi connectivity index (χ1n) is 7.65. The van der Waals surface area contributed by atoms with Crippen molar-refractivity contribution in [1.82, 2.24) is 15.1 Å². The molecule has 2 rings (SSSR count). The van der Waals surface area contributed by atoms with Crippen LogP contribution in [0.2, 0.25) is 0 Å². The van der Waals surface area contributed by atoms with Gasteiger partial charge in [-0.05, 0) is 77.3 Å². The van der Waals surface area contributed by atoms with Gasteiger partial charge in [0.15, 0.2) is 0 Å². The molecule has 3 nitrogen and oxygen atoms in total. The van der Waals surface area contributed by atoms with Crippen LogP contribution in [-0.4, -0.2) is 63.2 Å². The van der Waals surface area contributed by atoms with Crippen LogP contribution < -0.4 is 5.32 Å². The van der Waals surface area contributed by atoms with Crippen molar-refractivity contribution in [3.8, 4) is 0 Å². The summed E-state index contributed by atoms with van der Waals surface area (Å²) in [5, 5.41) is 3.48. The van der Waals surface area contributed by atoms with Gasteiger partial charge >= 0.3 is 0 Å². The number of likely N-dealkylation sites (tertiary alicyclic amines) is 1. The summed E-state index contributed by atoms with van der Waals surface area (Å²) in [6, 6.07) is 0. The average molecular weight is 253 g/mol. The van der Waals surface area contributed by atoms with Crippen molar-refractivity contribution in [2.45, 2.75) is 32.6 Å². The molecule has 0 aromatic carbocycles. The zero-order valence-electron chi connectivity index (χ0n) is 12.5. The lowest BCUT2D eigenvalue weighted by Gasteiger charge is -2.39. The molecule has 0 bridgehead atoms. The van der Waals surface area contributed by atoms with Gasteiger partial charge < -0.3 is 15.1 Å². The first-order chi connectivity index (χ1) is 8.57. The SMILES string of the molecule is CN1CCC(CN(C)CC2(C)CCNCC2)CC1. The van der Waals surface area contributed by atoms with E-state index in [2.05, 4.69) is 36.1 Å². The van der Waals surface area contributed by atoms with Crippen LogP contribution in [0.3, 0.4) is 0 Å². The smallest absolute Gasteiger partial charge is 0.00333 e. The minimum absolute atomic E-state index is 0.547. The van der Waals surface area contributed by atoms with Crippen molar-refractivity contribution in [2.75, 3.05) is 53.4 Å². The molecule has 2 fully saturated rings. The molecule has 0 saturated carbocycles. The van der Waals surface area contributed by atoms with Crippen LogP contribution in [0.5, 0.6) is 0 Å². The second-order valence-electron chi connectivity index (χ2n) is 7.00. The van der Waals surface area contributed by atoms with Crippen molar-refractivity contribution in [2.24, 2.45) is 11.3 Å². The lowest BCUT2D eigenvalue weighted by atomic mass is 9.80. The van der Waals surface area contributed by atoms with Gasteiger partial charge in [0.25, 0.3) is 0 Å². The molecular formula is C15H31N3. The van der Waals surface area contributed by atoms with Crippen LogP contribution in [0, 0.1) is 11.3 Å². The van der Waals surface area contributed by atoms with E-state index in [1.165, 1.54) is 65.0 Å². The second-order valence-corrected chi connectivity index (χ2v) is 7.00. The molecule has 0 unspecified atom stereocenters. The molecule has 18 heavy (non-hydrogen) atoms. The standard InChI is InChI=1S/C15H31N3/c1-15(6-8-16-9-7-15)13-18(3)12-14-4-10-17(2)11-5-14/h14,16H,4-13H2,1-3H3. The van der Waals surface area contributed by atoms with E-state index in [1.54, 1.807) is 0 Å². The minimum atomic E-state index is 0.547. The molecule has 2 saturated heterocycles. The van der Waals surface area contributed by atoms with E-state index >= 15 is 0 Å². The molecule has 3 heteroatoms. The lowest BCUT2D eigenvalue weighted by molar-refractivity contribution is 0.116. The molecule has 0 spiro atoms. The zero-order chi connectivity index (χ0) is 13.0. The van der Waals surface area contributed by atoms with Crippen LogP contribution in [0.4, 0.5) is 0 Å². The van der Waals surface area contributed by atoms with Crippen molar-refractivity contribution in [3.63, 3.8) is 0 Å². The highest BCUT2D eigenvalue weighted by Gasteiger charge is 2.29. The van der Waals surface area contributed by atoms with Crippen LogP contribution in [0.25, 0.3) is 0 Å². The van der Waals surface area contributed by atoms with E-state index in [4.69, 9.17) is 0 Å². The van der Waals surface area contributed by atoms with Crippen LogP contribution in [0.15, 0.2) is 0 Å². The first-order valence-corrected chi connectivity index (χ1v) is 7.65. The van der Waals surface area contributed by atoms with Gasteiger partial charge in [-0.3, -0.25) is 0 Å². The zero-order valence-corrected chi connectivity index (χ0v) is 12.5. The molecule has 0 radical (unpaired) electrons. The third kappa shape index (κ3) is 4.22. The molecule has 2 aliphatic rings. The molecule has 2 aliphatic heterocycles. The Morgan fingerprint density at radius 1 is 1.22 bits per heavy atom. The van der Waals surface area contributed by atoms with Crippen LogP contribution in [-0.2, 0) is 0 Å². The summed E-state index contributed by atoms with van der Waals surface area (Å²) in [6.45, 7) is 10.0. The molecule has 106 valence electrons. The van der Waals surface area contributed by atoms with Gasteiger partial charge in [-0.15, -0.1) is 0 Å². The highest BCUT2D eigenvalue weighted by Crippen LogP contribution is 2.29. The molecule has 2 heterocycles. The third-order valence-electron chi connectivity index (χ3n) is 4.87. The summed E-state index contributed by atoms with van der Waals surface area (Å²) in [5.41, 5.74) is 0.547. The summed E-state index contributed by atoms with van der Waals surface area (Å²) in [7, 11) is 4.57. The van der Waals surface area contributed by atoms with E-state index in [1.807, 2.05) is 0 Å². The van der Waals surface area contributed by atoms with E-state index in [0.717, 1.165) is 5.92 Å². The number of piperidine rings is 2. The van der Waals surface area contributed by atoms with Gasteiger partial charge in [-0.1, -0.05) is 6.92 Å². The summed E-state index contributed by atoms with van der Waals surface area (Å²) in [5.74, 6) is 0.927. The molecule has 0 aliphatic carbocycles. The fraction of sp³-hybridized carbons (Fsp3) is 1.00. The van der Waals surface area contributed by atoms with E-state index in [0.29, 0.717) is 5.41 Å². The fourth-order valence-corrected chi connectivity index (χ4v) is 3.59. The van der Waals surface area contributed by atoms with Gasteiger partial charge in [0, 0.05) is 13.1 Å². The average Bonchev–Trinajstić information content (AvgIpc) is 2.32. The van der Waals surface area contributed by atoms with Crippen LogP contribution >= 0.6 is 0 Å². The monoisotopic (exact) mass is 253 g/mol. The topological polar surface area (TPSA) is 18.5 Å². The Hall–Kier alpha value is -0.120. The van der Waals surface area contributed by atoms with Crippen molar-refractivity contribution >= 4 is 0 Å². The first kappa shape index (κ1) is 14.3. The van der Waals surface area contributed by atoms with Crippen molar-refractivity contribution in [3.05, 3.63) is 0 Å². The van der Waals surface area contributed by atoms with Gasteiger partial charge in [0.05, 0.1) is 0 Å². The largest absolute Gasteiger partial charge is 0.317 e.